The standard InChI is InChI=1S/C27H23ClF2N4O5/c1-36-21-8-13(26(35)37-2)7-20-24(21)32-22(34(20)12-14-3-5-38-14)10-16-15-4-6-39-25(15)17(9-18(16)29)23-19(30)11-31-27(28)33-23/h7-9,11,14H,3-6,10,12H2,1-2H3/t14-/m0/s1. The average molecular weight is 557 g/mol. The van der Waals surface area contributed by atoms with Gasteiger partial charge in [0.15, 0.2) is 5.82 Å². The third-order valence-corrected chi connectivity index (χ3v) is 7.25. The summed E-state index contributed by atoms with van der Waals surface area (Å²) in [6.45, 7) is 1.43. The van der Waals surface area contributed by atoms with Crippen LogP contribution in [0, 0.1) is 11.6 Å². The van der Waals surface area contributed by atoms with Gasteiger partial charge in [0.2, 0.25) is 5.28 Å². The molecule has 0 saturated carbocycles. The second-order valence-corrected chi connectivity index (χ2v) is 9.60. The molecule has 0 aliphatic carbocycles. The maximum Gasteiger partial charge on any atom is 0.338 e. The average Bonchev–Trinajstić information content (AvgIpc) is 3.53. The number of hydrogen-bond donors (Lipinski definition) is 0. The Morgan fingerprint density at radius 2 is 2.00 bits per heavy atom. The van der Waals surface area contributed by atoms with Gasteiger partial charge in [-0.3, -0.25) is 0 Å². The smallest absolute Gasteiger partial charge is 0.338 e. The number of fused-ring (bicyclic) bond motifs is 2. The summed E-state index contributed by atoms with van der Waals surface area (Å²) in [6.07, 6.45) is 2.31. The van der Waals surface area contributed by atoms with Crippen LogP contribution in [0.3, 0.4) is 0 Å². The van der Waals surface area contributed by atoms with E-state index >= 15 is 4.39 Å². The lowest BCUT2D eigenvalue weighted by Crippen LogP contribution is -2.31. The summed E-state index contributed by atoms with van der Waals surface area (Å²) in [5, 5.41) is -0.158. The lowest BCUT2D eigenvalue weighted by molar-refractivity contribution is -0.0589. The molecule has 6 rings (SSSR count). The van der Waals surface area contributed by atoms with Gasteiger partial charge in [0.25, 0.3) is 0 Å². The summed E-state index contributed by atoms with van der Waals surface area (Å²) >= 11 is 5.89. The third kappa shape index (κ3) is 4.45. The van der Waals surface area contributed by atoms with Gasteiger partial charge in [0.05, 0.1) is 50.8 Å². The molecule has 9 nitrogen and oxygen atoms in total. The topological polar surface area (TPSA) is 97.6 Å². The van der Waals surface area contributed by atoms with Crippen LogP contribution in [0.15, 0.2) is 24.4 Å². The summed E-state index contributed by atoms with van der Waals surface area (Å²) in [6, 6.07) is 4.46. The number of aromatic nitrogens is 4. The summed E-state index contributed by atoms with van der Waals surface area (Å²) in [5.74, 6) is -0.501. The van der Waals surface area contributed by atoms with Gasteiger partial charge in [-0.2, -0.15) is 0 Å². The second kappa shape index (κ2) is 10.0. The first-order valence-electron chi connectivity index (χ1n) is 12.3. The number of nitrogens with zero attached hydrogens (tertiary/aromatic N) is 4. The van der Waals surface area contributed by atoms with Crippen molar-refractivity contribution in [3.8, 4) is 22.8 Å². The maximum atomic E-state index is 15.8. The van der Waals surface area contributed by atoms with Crippen molar-refractivity contribution >= 4 is 28.6 Å². The fourth-order valence-corrected chi connectivity index (χ4v) is 5.20. The highest BCUT2D eigenvalue weighted by atomic mass is 35.5. The molecule has 39 heavy (non-hydrogen) atoms. The van der Waals surface area contributed by atoms with Crippen molar-refractivity contribution in [1.82, 2.24) is 19.5 Å². The Morgan fingerprint density at radius 3 is 2.72 bits per heavy atom. The normalized spacial score (nSPS) is 16.1. The van der Waals surface area contributed by atoms with Crippen LogP contribution in [0.1, 0.15) is 33.7 Å². The van der Waals surface area contributed by atoms with Crippen molar-refractivity contribution < 1.29 is 32.5 Å². The molecule has 2 aromatic carbocycles. The first-order valence-corrected chi connectivity index (χ1v) is 12.7. The molecule has 1 atom stereocenters. The van der Waals surface area contributed by atoms with Crippen LogP contribution >= 0.6 is 11.6 Å². The van der Waals surface area contributed by atoms with Crippen molar-refractivity contribution in [2.45, 2.75) is 31.9 Å². The fourth-order valence-electron chi connectivity index (χ4n) is 5.07. The molecule has 202 valence electrons. The van der Waals surface area contributed by atoms with Crippen LogP contribution in [-0.2, 0) is 28.9 Å². The zero-order valence-corrected chi connectivity index (χ0v) is 21.8. The molecule has 1 fully saturated rings. The molecule has 0 bridgehead atoms. The number of esters is 1. The van der Waals surface area contributed by atoms with E-state index in [2.05, 4.69) is 9.97 Å². The van der Waals surface area contributed by atoms with E-state index in [4.69, 9.17) is 35.5 Å². The molecule has 12 heteroatoms. The lowest BCUT2D eigenvalue weighted by Gasteiger charge is -2.27. The highest BCUT2D eigenvalue weighted by Crippen LogP contribution is 2.41. The Hall–Kier alpha value is -3.83. The molecule has 2 aliphatic heterocycles. The van der Waals surface area contributed by atoms with Crippen molar-refractivity contribution in [1.29, 1.82) is 0 Å². The first-order chi connectivity index (χ1) is 18.9. The Bertz CT molecular complexity index is 1620. The van der Waals surface area contributed by atoms with Gasteiger partial charge in [0.1, 0.15) is 34.4 Å². The summed E-state index contributed by atoms with van der Waals surface area (Å²) in [7, 11) is 2.80. The molecule has 0 radical (unpaired) electrons. The predicted octanol–water partition coefficient (Wildman–Crippen LogP) is 4.53. The second-order valence-electron chi connectivity index (χ2n) is 9.26. The molecule has 4 aromatic rings. The van der Waals surface area contributed by atoms with Gasteiger partial charge < -0.3 is 23.5 Å². The van der Waals surface area contributed by atoms with E-state index in [1.807, 2.05) is 4.57 Å². The first kappa shape index (κ1) is 25.4. The fraction of sp³-hybridized carbons (Fsp3) is 0.333. The van der Waals surface area contributed by atoms with Gasteiger partial charge in [-0.1, -0.05) is 0 Å². The van der Waals surface area contributed by atoms with Gasteiger partial charge in [0, 0.05) is 36.1 Å². The summed E-state index contributed by atoms with van der Waals surface area (Å²) in [5.41, 5.74) is 2.51. The molecule has 0 unspecified atom stereocenters. The van der Waals surface area contributed by atoms with E-state index in [0.29, 0.717) is 71.2 Å². The van der Waals surface area contributed by atoms with Crippen LogP contribution in [-0.4, -0.2) is 59.0 Å². The van der Waals surface area contributed by atoms with Crippen LogP contribution in [0.4, 0.5) is 8.78 Å². The molecule has 1 saturated heterocycles. The molecule has 2 aliphatic rings. The third-order valence-electron chi connectivity index (χ3n) is 7.06. The van der Waals surface area contributed by atoms with Crippen molar-refractivity contribution in [2.24, 2.45) is 0 Å². The highest BCUT2D eigenvalue weighted by molar-refractivity contribution is 6.28. The maximum absolute atomic E-state index is 15.8. The lowest BCUT2D eigenvalue weighted by atomic mass is 9.96. The highest BCUT2D eigenvalue weighted by Gasteiger charge is 2.30. The monoisotopic (exact) mass is 556 g/mol. The van der Waals surface area contributed by atoms with E-state index in [0.717, 1.165) is 12.6 Å². The SMILES string of the molecule is COC(=O)c1cc(OC)c2nc(Cc3c(F)cc(-c4nc(Cl)ncc4F)c4c3CCO4)n(C[C@@H]3CCO3)c2c1. The molecule has 4 heterocycles. The summed E-state index contributed by atoms with van der Waals surface area (Å²) < 4.78 is 54.3. The Morgan fingerprint density at radius 1 is 1.18 bits per heavy atom. The van der Waals surface area contributed by atoms with Crippen molar-refractivity contribution in [3.63, 3.8) is 0 Å². The number of benzene rings is 2. The number of ether oxygens (including phenoxy) is 4. The number of carbonyl (C=O) groups is 1. The number of carbonyl (C=O) groups excluding carboxylic acids is 1. The number of hydrogen-bond acceptors (Lipinski definition) is 8. The zero-order chi connectivity index (χ0) is 27.3. The Kier molecular flexibility index (Phi) is 6.56. The number of rotatable bonds is 7. The molecular formula is C27H23ClF2N4O5. The van der Waals surface area contributed by atoms with E-state index in [1.54, 1.807) is 12.1 Å². The molecule has 0 N–H and O–H groups in total. The number of imidazole rings is 1. The van der Waals surface area contributed by atoms with Gasteiger partial charge in [-0.15, -0.1) is 0 Å². The minimum Gasteiger partial charge on any atom is -0.494 e. The zero-order valence-electron chi connectivity index (χ0n) is 21.1. The molecule has 2 aromatic heterocycles. The van der Waals surface area contributed by atoms with Crippen molar-refractivity contribution in [2.75, 3.05) is 27.4 Å². The van der Waals surface area contributed by atoms with E-state index < -0.39 is 17.6 Å². The largest absolute Gasteiger partial charge is 0.494 e. The minimum absolute atomic E-state index is 0.0410. The Labute approximate surface area is 226 Å². The predicted molar refractivity (Wildman–Crippen MR) is 136 cm³/mol. The van der Waals surface area contributed by atoms with Crippen molar-refractivity contribution in [3.05, 3.63) is 63.8 Å². The van der Waals surface area contributed by atoms with Crippen LogP contribution in [0.2, 0.25) is 5.28 Å². The molecule has 0 spiro atoms. The van der Waals surface area contributed by atoms with Crippen LogP contribution in [0.25, 0.3) is 22.3 Å². The molecule has 0 amide bonds. The van der Waals surface area contributed by atoms with Gasteiger partial charge >= 0.3 is 5.97 Å². The van der Waals surface area contributed by atoms with Crippen LogP contribution < -0.4 is 9.47 Å². The quantitative estimate of drug-likeness (QED) is 0.242. The number of methoxy groups -OCH3 is 2. The van der Waals surface area contributed by atoms with Gasteiger partial charge in [-0.05, 0) is 36.2 Å². The minimum atomic E-state index is -0.736. The summed E-state index contributed by atoms with van der Waals surface area (Å²) in [4.78, 5) is 24.8. The van der Waals surface area contributed by atoms with Crippen LogP contribution in [0.5, 0.6) is 11.5 Å². The van der Waals surface area contributed by atoms with E-state index in [1.165, 1.54) is 20.3 Å². The van der Waals surface area contributed by atoms with E-state index in [-0.39, 0.29) is 29.1 Å². The Balaban J connectivity index is 1.49. The number of halogens is 3. The van der Waals surface area contributed by atoms with E-state index in [9.17, 15) is 9.18 Å². The van der Waals surface area contributed by atoms with Gasteiger partial charge in [-0.25, -0.2) is 28.5 Å². The molecular weight excluding hydrogens is 534 g/mol.